The zero-order valence-corrected chi connectivity index (χ0v) is 15.0. The quantitative estimate of drug-likeness (QED) is 0.833. The van der Waals surface area contributed by atoms with E-state index in [0.717, 1.165) is 18.7 Å². The number of ether oxygens (including phenoxy) is 1. The Morgan fingerprint density at radius 1 is 1.04 bits per heavy atom. The van der Waals surface area contributed by atoms with Crippen LogP contribution in [0.4, 0.5) is 0 Å². The summed E-state index contributed by atoms with van der Waals surface area (Å²) in [5.74, 6) is 1.36. The number of nitrogens with zero attached hydrogens (tertiary/aromatic N) is 2. The maximum Gasteiger partial charge on any atom is 0.253 e. The average Bonchev–Trinajstić information content (AvgIpc) is 2.81. The molecule has 24 heavy (non-hydrogen) atoms. The van der Waals surface area contributed by atoms with Gasteiger partial charge >= 0.3 is 0 Å². The van der Waals surface area contributed by atoms with Gasteiger partial charge in [-0.05, 0) is 43.5 Å². The Hall–Kier alpha value is -2.04. The Morgan fingerprint density at radius 3 is 2.29 bits per heavy atom. The van der Waals surface area contributed by atoms with Gasteiger partial charge in [0.1, 0.15) is 5.75 Å². The van der Waals surface area contributed by atoms with E-state index < -0.39 is 0 Å². The van der Waals surface area contributed by atoms with Gasteiger partial charge in [-0.1, -0.05) is 13.8 Å². The molecule has 2 amide bonds. The maximum absolute atomic E-state index is 12.7. The highest BCUT2D eigenvalue weighted by Crippen LogP contribution is 2.15. The van der Waals surface area contributed by atoms with Crippen molar-refractivity contribution in [1.82, 2.24) is 9.80 Å². The Balaban J connectivity index is 1.95. The molecule has 0 atom stereocenters. The molecule has 0 bridgehead atoms. The minimum atomic E-state index is 0.0243. The van der Waals surface area contributed by atoms with Gasteiger partial charge in [0.15, 0.2) is 0 Å². The lowest BCUT2D eigenvalue weighted by molar-refractivity contribution is -0.131. The van der Waals surface area contributed by atoms with Crippen LogP contribution in [0.5, 0.6) is 5.75 Å². The summed E-state index contributed by atoms with van der Waals surface area (Å²) in [5.41, 5.74) is 0.667. The lowest BCUT2D eigenvalue weighted by Crippen LogP contribution is -2.37. The van der Waals surface area contributed by atoms with Crippen molar-refractivity contribution in [3.63, 3.8) is 0 Å². The van der Waals surface area contributed by atoms with Crippen molar-refractivity contribution < 1.29 is 14.3 Å². The van der Waals surface area contributed by atoms with E-state index in [2.05, 4.69) is 13.8 Å². The van der Waals surface area contributed by atoms with Crippen LogP contribution in [-0.4, -0.2) is 54.4 Å². The third-order valence-electron chi connectivity index (χ3n) is 4.13. The molecule has 0 spiro atoms. The van der Waals surface area contributed by atoms with Crippen molar-refractivity contribution in [2.24, 2.45) is 5.92 Å². The second-order valence-electron chi connectivity index (χ2n) is 6.58. The van der Waals surface area contributed by atoms with Crippen molar-refractivity contribution in [2.45, 2.75) is 33.6 Å². The van der Waals surface area contributed by atoms with Gasteiger partial charge < -0.3 is 14.5 Å². The van der Waals surface area contributed by atoms with E-state index in [1.54, 1.807) is 12.1 Å². The third kappa shape index (κ3) is 4.98. The summed E-state index contributed by atoms with van der Waals surface area (Å²) in [4.78, 5) is 28.6. The van der Waals surface area contributed by atoms with Crippen molar-refractivity contribution >= 4 is 11.8 Å². The van der Waals surface area contributed by atoms with Crippen LogP contribution in [0, 0.1) is 5.92 Å². The second-order valence-corrected chi connectivity index (χ2v) is 6.58. The van der Waals surface area contributed by atoms with Crippen LogP contribution in [0.25, 0.3) is 0 Å². The molecule has 0 radical (unpaired) electrons. The highest BCUT2D eigenvalue weighted by molar-refractivity contribution is 5.94. The van der Waals surface area contributed by atoms with Gasteiger partial charge in [-0.3, -0.25) is 9.59 Å². The zero-order valence-electron chi connectivity index (χ0n) is 15.0. The van der Waals surface area contributed by atoms with E-state index in [1.807, 2.05) is 28.9 Å². The molecule has 2 rings (SSSR count). The van der Waals surface area contributed by atoms with Crippen LogP contribution in [-0.2, 0) is 4.79 Å². The fourth-order valence-electron chi connectivity index (χ4n) is 2.89. The molecule has 132 valence electrons. The molecule has 1 aromatic rings. The van der Waals surface area contributed by atoms with Gasteiger partial charge in [0.2, 0.25) is 5.91 Å². The number of amides is 2. The van der Waals surface area contributed by atoms with E-state index >= 15 is 0 Å². The molecule has 5 heteroatoms. The molecule has 1 aliphatic heterocycles. The summed E-state index contributed by atoms with van der Waals surface area (Å²) in [6, 6.07) is 7.26. The van der Waals surface area contributed by atoms with Crippen LogP contribution < -0.4 is 4.74 Å². The molecular weight excluding hydrogens is 304 g/mol. The van der Waals surface area contributed by atoms with Gasteiger partial charge in [0.25, 0.3) is 5.91 Å². The predicted octanol–water partition coefficient (Wildman–Crippen LogP) is 2.81. The van der Waals surface area contributed by atoms with Gasteiger partial charge in [0, 0.05) is 38.2 Å². The number of hydrogen-bond acceptors (Lipinski definition) is 3. The summed E-state index contributed by atoms with van der Waals surface area (Å²) in [6.07, 6.45) is 1.40. The molecule has 5 nitrogen and oxygen atoms in total. The van der Waals surface area contributed by atoms with Crippen LogP contribution in [0.15, 0.2) is 24.3 Å². The third-order valence-corrected chi connectivity index (χ3v) is 4.13. The molecule has 1 fully saturated rings. The molecule has 1 aromatic carbocycles. The summed E-state index contributed by atoms with van der Waals surface area (Å²) in [7, 11) is 0. The molecule has 1 heterocycles. The van der Waals surface area contributed by atoms with Crippen LogP contribution >= 0.6 is 0 Å². The average molecular weight is 332 g/mol. The highest BCUT2D eigenvalue weighted by atomic mass is 16.5. The monoisotopic (exact) mass is 332 g/mol. The highest BCUT2D eigenvalue weighted by Gasteiger charge is 2.23. The lowest BCUT2D eigenvalue weighted by atomic mass is 10.1. The van der Waals surface area contributed by atoms with Crippen molar-refractivity contribution in [3.05, 3.63) is 29.8 Å². The van der Waals surface area contributed by atoms with Crippen LogP contribution in [0.2, 0.25) is 0 Å². The summed E-state index contributed by atoms with van der Waals surface area (Å²) in [6.45, 7) is 9.29. The molecular formula is C19H28N2O3. The summed E-state index contributed by atoms with van der Waals surface area (Å²) < 4.78 is 5.41. The number of carbonyl (C=O) groups excluding carboxylic acids is 2. The number of benzene rings is 1. The Bertz CT molecular complexity index is 554. The van der Waals surface area contributed by atoms with Crippen molar-refractivity contribution in [3.8, 4) is 5.75 Å². The second kappa shape index (κ2) is 8.71. The standard InChI is InChI=1S/C19H28N2O3/c1-4-24-17-8-6-16(7-9-17)19(23)21-11-5-10-20(12-13-21)18(22)14-15(2)3/h6-9,15H,4-5,10-14H2,1-3H3. The fraction of sp³-hybridized carbons (Fsp3) is 0.579. The number of carbonyl (C=O) groups is 2. The molecule has 0 saturated carbocycles. The number of rotatable bonds is 5. The molecule has 1 aliphatic rings. The summed E-state index contributed by atoms with van der Waals surface area (Å²) >= 11 is 0. The van der Waals surface area contributed by atoms with Gasteiger partial charge in [0.05, 0.1) is 6.61 Å². The van der Waals surface area contributed by atoms with E-state index in [0.29, 0.717) is 44.1 Å². The smallest absolute Gasteiger partial charge is 0.253 e. The number of hydrogen-bond donors (Lipinski definition) is 0. The van der Waals surface area contributed by atoms with Crippen molar-refractivity contribution in [2.75, 3.05) is 32.8 Å². The van der Waals surface area contributed by atoms with E-state index in [9.17, 15) is 9.59 Å². The lowest BCUT2D eigenvalue weighted by Gasteiger charge is -2.23. The minimum absolute atomic E-state index is 0.0243. The Kier molecular flexibility index (Phi) is 6.64. The summed E-state index contributed by atoms with van der Waals surface area (Å²) in [5, 5.41) is 0. The first-order valence-corrected chi connectivity index (χ1v) is 8.81. The molecule has 1 saturated heterocycles. The van der Waals surface area contributed by atoms with Crippen molar-refractivity contribution in [1.29, 1.82) is 0 Å². The maximum atomic E-state index is 12.7. The first kappa shape index (κ1) is 18.3. The van der Waals surface area contributed by atoms with E-state index in [4.69, 9.17) is 4.74 Å². The fourth-order valence-corrected chi connectivity index (χ4v) is 2.89. The molecule has 0 aromatic heterocycles. The normalized spacial score (nSPS) is 15.3. The SMILES string of the molecule is CCOc1ccc(C(=O)N2CCCN(C(=O)CC(C)C)CC2)cc1. The van der Waals surface area contributed by atoms with Gasteiger partial charge in [-0.15, -0.1) is 0 Å². The topological polar surface area (TPSA) is 49.9 Å². The first-order valence-electron chi connectivity index (χ1n) is 8.81. The Labute approximate surface area is 144 Å². The largest absolute Gasteiger partial charge is 0.494 e. The molecule has 0 N–H and O–H groups in total. The minimum Gasteiger partial charge on any atom is -0.494 e. The molecule has 0 aliphatic carbocycles. The Morgan fingerprint density at radius 2 is 1.67 bits per heavy atom. The van der Waals surface area contributed by atoms with Crippen LogP contribution in [0.1, 0.15) is 44.0 Å². The zero-order chi connectivity index (χ0) is 17.5. The van der Waals surface area contributed by atoms with Gasteiger partial charge in [-0.25, -0.2) is 0 Å². The predicted molar refractivity (Wildman–Crippen MR) is 94.2 cm³/mol. The van der Waals surface area contributed by atoms with Crippen LogP contribution in [0.3, 0.4) is 0 Å². The van der Waals surface area contributed by atoms with Gasteiger partial charge in [-0.2, -0.15) is 0 Å². The van der Waals surface area contributed by atoms with E-state index in [-0.39, 0.29) is 11.8 Å². The first-order chi connectivity index (χ1) is 11.5. The molecule has 0 unspecified atom stereocenters. The van der Waals surface area contributed by atoms with E-state index in [1.165, 1.54) is 0 Å².